The summed E-state index contributed by atoms with van der Waals surface area (Å²) in [5.74, 6) is -0.252. The van der Waals surface area contributed by atoms with Gasteiger partial charge in [-0.05, 0) is 35.7 Å². The van der Waals surface area contributed by atoms with Crippen LogP contribution in [-0.2, 0) is 16.1 Å². The summed E-state index contributed by atoms with van der Waals surface area (Å²) in [6.45, 7) is 4.55. The number of carbonyl (C=O) groups is 2. The summed E-state index contributed by atoms with van der Waals surface area (Å²) in [4.78, 5) is 30.2. The molecule has 1 aliphatic heterocycles. The normalized spacial score (nSPS) is 16.0. The number of piperazine rings is 1. The molecule has 2 amide bonds. The van der Waals surface area contributed by atoms with Crippen molar-refractivity contribution in [3.8, 4) is 0 Å². The Morgan fingerprint density at radius 1 is 1.21 bits per heavy atom. The van der Waals surface area contributed by atoms with Gasteiger partial charge in [-0.1, -0.05) is 6.07 Å². The molecule has 0 bridgehead atoms. The molecule has 2 heterocycles. The van der Waals surface area contributed by atoms with Gasteiger partial charge in [0.2, 0.25) is 0 Å². The lowest BCUT2D eigenvalue weighted by atomic mass is 10.3. The second-order valence-corrected chi connectivity index (χ2v) is 8.28. The number of quaternary nitrogens is 2. The molecule has 2 aromatic rings. The number of thiophene rings is 1. The van der Waals surface area contributed by atoms with Crippen molar-refractivity contribution < 1.29 is 23.8 Å². The molecule has 150 valence electrons. The molecular formula is C20H27FN4O2S+2. The summed E-state index contributed by atoms with van der Waals surface area (Å²) >= 11 is 1.72. The number of nitrogens with zero attached hydrogens (tertiary/aromatic N) is 1. The Hall–Kier alpha value is -2.29. The molecule has 6 nitrogen and oxygen atoms in total. The minimum Gasteiger partial charge on any atom is -0.327 e. The highest BCUT2D eigenvalue weighted by atomic mass is 32.1. The van der Waals surface area contributed by atoms with Crippen LogP contribution >= 0.6 is 11.3 Å². The molecule has 0 radical (unpaired) electrons. The maximum Gasteiger partial charge on any atom is 0.279 e. The molecule has 3 rings (SSSR count). The number of anilines is 1. The van der Waals surface area contributed by atoms with Gasteiger partial charge < -0.3 is 20.0 Å². The Kier molecular flexibility index (Phi) is 7.13. The van der Waals surface area contributed by atoms with Crippen LogP contribution in [0.3, 0.4) is 0 Å². The number of benzene rings is 1. The highest BCUT2D eigenvalue weighted by Gasteiger charge is 2.26. The molecule has 1 aromatic carbocycles. The molecule has 0 saturated carbocycles. The first-order valence-corrected chi connectivity index (χ1v) is 10.4. The minimum absolute atomic E-state index is 0.0958. The molecule has 0 aliphatic carbocycles. The third-order valence-corrected chi connectivity index (χ3v) is 5.75. The van der Waals surface area contributed by atoms with E-state index in [1.165, 1.54) is 21.9 Å². The van der Waals surface area contributed by atoms with Gasteiger partial charge in [-0.3, -0.25) is 9.59 Å². The van der Waals surface area contributed by atoms with E-state index in [4.69, 9.17) is 0 Å². The molecule has 0 spiro atoms. The zero-order chi connectivity index (χ0) is 19.9. The fraction of sp³-hybridized carbons (Fsp3) is 0.400. The van der Waals surface area contributed by atoms with Crippen molar-refractivity contribution in [2.24, 2.45) is 0 Å². The molecule has 1 saturated heterocycles. The Morgan fingerprint density at radius 3 is 2.57 bits per heavy atom. The van der Waals surface area contributed by atoms with Crippen LogP contribution in [0.2, 0.25) is 0 Å². The van der Waals surface area contributed by atoms with Crippen molar-refractivity contribution in [3.63, 3.8) is 0 Å². The van der Waals surface area contributed by atoms with Gasteiger partial charge in [0.1, 0.15) is 12.4 Å². The number of nitrogens with one attached hydrogen (secondary N) is 3. The van der Waals surface area contributed by atoms with Crippen molar-refractivity contribution in [1.29, 1.82) is 0 Å². The Bertz CT molecular complexity index is 774. The van der Waals surface area contributed by atoms with Crippen molar-refractivity contribution in [2.75, 3.05) is 51.6 Å². The number of carbonyl (C=O) groups excluding carboxylic acids is 2. The highest BCUT2D eigenvalue weighted by Crippen LogP contribution is 2.07. The van der Waals surface area contributed by atoms with Gasteiger partial charge in [0.15, 0.2) is 13.1 Å². The summed E-state index contributed by atoms with van der Waals surface area (Å²) in [6.07, 6.45) is 0. The fourth-order valence-electron chi connectivity index (χ4n) is 3.36. The lowest BCUT2D eigenvalue weighted by molar-refractivity contribution is -0.896. The maximum absolute atomic E-state index is 12.9. The topological polar surface area (TPSA) is 58.3 Å². The van der Waals surface area contributed by atoms with Gasteiger partial charge in [0.05, 0.1) is 38.1 Å². The van der Waals surface area contributed by atoms with E-state index in [0.29, 0.717) is 31.9 Å². The van der Waals surface area contributed by atoms with Crippen LogP contribution < -0.4 is 15.1 Å². The molecule has 1 atom stereocenters. The molecule has 28 heavy (non-hydrogen) atoms. The Morgan fingerprint density at radius 2 is 1.93 bits per heavy atom. The number of hydrogen-bond acceptors (Lipinski definition) is 3. The quantitative estimate of drug-likeness (QED) is 0.568. The van der Waals surface area contributed by atoms with Gasteiger partial charge in [-0.15, -0.1) is 11.3 Å². The number of rotatable bonds is 7. The second kappa shape index (κ2) is 9.77. The van der Waals surface area contributed by atoms with E-state index < -0.39 is 0 Å². The van der Waals surface area contributed by atoms with E-state index in [1.54, 1.807) is 23.5 Å². The third-order valence-electron chi connectivity index (χ3n) is 4.87. The van der Waals surface area contributed by atoms with Gasteiger partial charge in [0.25, 0.3) is 11.8 Å². The SMILES string of the molecule is C[NH+](CC(=O)N1CC[NH+](CC(=O)Nc2ccc(F)cc2)CC1)Cc1cccs1. The second-order valence-electron chi connectivity index (χ2n) is 7.25. The van der Waals surface area contributed by atoms with Crippen LogP contribution in [0.4, 0.5) is 10.1 Å². The molecule has 1 aromatic heterocycles. The van der Waals surface area contributed by atoms with Gasteiger partial charge >= 0.3 is 0 Å². The summed E-state index contributed by atoms with van der Waals surface area (Å²) in [5.41, 5.74) is 0.594. The maximum atomic E-state index is 12.9. The fourth-order valence-corrected chi connectivity index (χ4v) is 4.18. The van der Waals surface area contributed by atoms with E-state index in [9.17, 15) is 14.0 Å². The van der Waals surface area contributed by atoms with E-state index >= 15 is 0 Å². The molecular weight excluding hydrogens is 379 g/mol. The van der Waals surface area contributed by atoms with Crippen LogP contribution in [0.25, 0.3) is 0 Å². The first-order valence-electron chi connectivity index (χ1n) is 9.50. The first kappa shape index (κ1) is 20.4. The lowest BCUT2D eigenvalue weighted by Gasteiger charge is -2.32. The molecule has 8 heteroatoms. The number of halogens is 1. The monoisotopic (exact) mass is 406 g/mol. The number of likely N-dealkylation sites (N-methyl/N-ethyl adjacent to an activating group) is 1. The van der Waals surface area contributed by atoms with E-state index in [0.717, 1.165) is 24.5 Å². The van der Waals surface area contributed by atoms with Crippen LogP contribution in [0.15, 0.2) is 41.8 Å². The van der Waals surface area contributed by atoms with Crippen molar-refractivity contribution in [3.05, 3.63) is 52.5 Å². The molecule has 3 N–H and O–H groups in total. The van der Waals surface area contributed by atoms with Crippen LogP contribution in [-0.4, -0.2) is 63.0 Å². The summed E-state index contributed by atoms with van der Waals surface area (Å²) < 4.78 is 12.9. The smallest absolute Gasteiger partial charge is 0.279 e. The number of amides is 2. The van der Waals surface area contributed by atoms with Crippen LogP contribution in [0, 0.1) is 5.82 Å². The van der Waals surface area contributed by atoms with Crippen LogP contribution in [0.5, 0.6) is 0 Å². The first-order chi connectivity index (χ1) is 13.5. The largest absolute Gasteiger partial charge is 0.327 e. The minimum atomic E-state index is -0.327. The van der Waals surface area contributed by atoms with Gasteiger partial charge in [0, 0.05) is 5.69 Å². The zero-order valence-corrected chi connectivity index (χ0v) is 16.9. The average molecular weight is 407 g/mol. The lowest BCUT2D eigenvalue weighted by Crippen LogP contribution is -3.16. The van der Waals surface area contributed by atoms with Gasteiger partial charge in [-0.2, -0.15) is 0 Å². The Balaban J connectivity index is 1.38. The van der Waals surface area contributed by atoms with E-state index in [2.05, 4.69) is 16.8 Å². The van der Waals surface area contributed by atoms with Crippen molar-refractivity contribution in [1.82, 2.24) is 4.90 Å². The Labute approximate surface area is 168 Å². The zero-order valence-electron chi connectivity index (χ0n) is 16.0. The summed E-state index contributed by atoms with van der Waals surface area (Å²) in [5, 5.41) is 4.84. The third kappa shape index (κ3) is 6.12. The molecule has 1 fully saturated rings. The van der Waals surface area contributed by atoms with Crippen LogP contribution in [0.1, 0.15) is 4.88 Å². The number of hydrogen-bond donors (Lipinski definition) is 3. The summed E-state index contributed by atoms with van der Waals surface area (Å²) in [7, 11) is 2.04. The van der Waals surface area contributed by atoms with Crippen molar-refractivity contribution >= 4 is 28.8 Å². The van der Waals surface area contributed by atoms with E-state index in [-0.39, 0.29) is 17.6 Å². The standard InChI is InChI=1S/C20H25FN4O2S/c1-23(13-18-3-2-12-28-18)15-20(27)25-10-8-24(9-11-25)14-19(26)22-17-6-4-16(21)5-7-17/h2-7,12H,8-11,13-15H2,1H3,(H,22,26)/p+2. The molecule has 1 aliphatic rings. The predicted octanol–water partition coefficient (Wildman–Crippen LogP) is -0.732. The predicted molar refractivity (Wildman–Crippen MR) is 107 cm³/mol. The van der Waals surface area contributed by atoms with Gasteiger partial charge in [-0.25, -0.2) is 4.39 Å². The summed E-state index contributed by atoms with van der Waals surface area (Å²) in [6, 6.07) is 9.87. The van der Waals surface area contributed by atoms with Crippen molar-refractivity contribution in [2.45, 2.75) is 6.54 Å². The average Bonchev–Trinajstić information content (AvgIpc) is 3.17. The highest BCUT2D eigenvalue weighted by molar-refractivity contribution is 7.09. The molecule has 1 unspecified atom stereocenters. The van der Waals surface area contributed by atoms with E-state index in [1.807, 2.05) is 18.0 Å².